The van der Waals surface area contributed by atoms with Crippen LogP contribution in [0.5, 0.6) is 0 Å². The Hall–Kier alpha value is -1.36. The quantitative estimate of drug-likeness (QED) is 0.782. The summed E-state index contributed by atoms with van der Waals surface area (Å²) in [6.07, 6.45) is 17.6. The first-order chi connectivity index (χ1) is 13.3. The molecule has 0 bridgehead atoms. The SMILES string of the molecule is CCCCn1ccnc1C1CCN(CC(=O)NC2CCCCCCC2)CC1. The van der Waals surface area contributed by atoms with Crippen LogP contribution >= 0.6 is 0 Å². The van der Waals surface area contributed by atoms with Crippen LogP contribution in [0.15, 0.2) is 12.4 Å². The molecule has 1 aliphatic carbocycles. The van der Waals surface area contributed by atoms with Crippen molar-refractivity contribution in [1.82, 2.24) is 19.8 Å². The summed E-state index contributed by atoms with van der Waals surface area (Å²) >= 11 is 0. The third kappa shape index (κ3) is 6.34. The highest BCUT2D eigenvalue weighted by atomic mass is 16.2. The second kappa shape index (κ2) is 10.8. The smallest absolute Gasteiger partial charge is 0.234 e. The molecule has 1 saturated heterocycles. The molecule has 5 heteroatoms. The number of hydrogen-bond acceptors (Lipinski definition) is 3. The van der Waals surface area contributed by atoms with E-state index < -0.39 is 0 Å². The molecule has 0 atom stereocenters. The van der Waals surface area contributed by atoms with Gasteiger partial charge in [-0.2, -0.15) is 0 Å². The van der Waals surface area contributed by atoms with Gasteiger partial charge in [-0.25, -0.2) is 4.98 Å². The number of hydrogen-bond donors (Lipinski definition) is 1. The lowest BCUT2D eigenvalue weighted by atomic mass is 9.95. The summed E-state index contributed by atoms with van der Waals surface area (Å²) in [4.78, 5) is 19.5. The van der Waals surface area contributed by atoms with Crippen LogP contribution in [-0.4, -0.2) is 46.0 Å². The van der Waals surface area contributed by atoms with Gasteiger partial charge in [0.05, 0.1) is 6.54 Å². The zero-order chi connectivity index (χ0) is 18.9. The van der Waals surface area contributed by atoms with E-state index >= 15 is 0 Å². The third-order valence-corrected chi connectivity index (χ3v) is 6.29. The fraction of sp³-hybridized carbons (Fsp3) is 0.818. The highest BCUT2D eigenvalue weighted by molar-refractivity contribution is 5.78. The first-order valence-corrected chi connectivity index (χ1v) is 11.3. The van der Waals surface area contributed by atoms with Gasteiger partial charge in [-0.3, -0.25) is 9.69 Å². The van der Waals surface area contributed by atoms with Crippen molar-refractivity contribution < 1.29 is 4.79 Å². The van der Waals surface area contributed by atoms with Gasteiger partial charge in [0.1, 0.15) is 5.82 Å². The first kappa shape index (κ1) is 20.4. The van der Waals surface area contributed by atoms with Crippen molar-refractivity contribution in [3.8, 4) is 0 Å². The van der Waals surface area contributed by atoms with E-state index in [9.17, 15) is 4.79 Å². The molecule has 0 spiro atoms. The maximum Gasteiger partial charge on any atom is 0.234 e. The Kier molecular flexibility index (Phi) is 8.18. The maximum absolute atomic E-state index is 12.5. The molecule has 2 fully saturated rings. The summed E-state index contributed by atoms with van der Waals surface area (Å²) in [7, 11) is 0. The number of carbonyl (C=O) groups is 1. The van der Waals surface area contributed by atoms with Crippen molar-refractivity contribution >= 4 is 5.91 Å². The number of aryl methyl sites for hydroxylation is 1. The fourth-order valence-corrected chi connectivity index (χ4v) is 4.62. The Bertz CT molecular complexity index is 554. The predicted octanol–water partition coefficient (Wildman–Crippen LogP) is 4.09. The van der Waals surface area contributed by atoms with Gasteiger partial charge in [0.15, 0.2) is 0 Å². The second-order valence-electron chi connectivity index (χ2n) is 8.49. The molecule has 0 aromatic carbocycles. The number of carbonyl (C=O) groups excluding carboxylic acids is 1. The molecule has 2 heterocycles. The molecule has 1 aliphatic heterocycles. The van der Waals surface area contributed by atoms with Gasteiger partial charge in [0.2, 0.25) is 5.91 Å². The molecule has 1 saturated carbocycles. The van der Waals surface area contributed by atoms with Crippen molar-refractivity contribution in [3.63, 3.8) is 0 Å². The van der Waals surface area contributed by atoms with E-state index in [4.69, 9.17) is 0 Å². The molecule has 0 unspecified atom stereocenters. The standard InChI is InChI=1S/C22H38N4O/c1-2-3-14-26-17-13-23-22(26)19-11-15-25(16-12-19)18-21(27)24-20-9-7-5-4-6-8-10-20/h13,17,19-20H,2-12,14-16,18H2,1H3,(H,24,27). The Morgan fingerprint density at radius 2 is 1.81 bits per heavy atom. The van der Waals surface area contributed by atoms with Crippen molar-refractivity contribution in [2.75, 3.05) is 19.6 Å². The van der Waals surface area contributed by atoms with Crippen LogP contribution in [0.25, 0.3) is 0 Å². The van der Waals surface area contributed by atoms with Gasteiger partial charge in [0, 0.05) is 30.9 Å². The Morgan fingerprint density at radius 1 is 1.11 bits per heavy atom. The van der Waals surface area contributed by atoms with Gasteiger partial charge in [-0.1, -0.05) is 45.4 Å². The summed E-state index contributed by atoms with van der Waals surface area (Å²) in [5.74, 6) is 2.02. The van der Waals surface area contributed by atoms with Crippen LogP contribution in [0.3, 0.4) is 0 Å². The minimum absolute atomic E-state index is 0.225. The zero-order valence-corrected chi connectivity index (χ0v) is 17.2. The van der Waals surface area contributed by atoms with Crippen LogP contribution in [0.4, 0.5) is 0 Å². The molecule has 152 valence electrons. The van der Waals surface area contributed by atoms with Gasteiger partial charge < -0.3 is 9.88 Å². The van der Waals surface area contributed by atoms with E-state index in [0.717, 1.165) is 45.3 Å². The minimum Gasteiger partial charge on any atom is -0.352 e. The van der Waals surface area contributed by atoms with E-state index in [0.29, 0.717) is 18.5 Å². The molecule has 0 radical (unpaired) electrons. The predicted molar refractivity (Wildman–Crippen MR) is 110 cm³/mol. The molecule has 27 heavy (non-hydrogen) atoms. The third-order valence-electron chi connectivity index (χ3n) is 6.29. The first-order valence-electron chi connectivity index (χ1n) is 11.3. The van der Waals surface area contributed by atoms with Crippen molar-refractivity contribution in [1.29, 1.82) is 0 Å². The van der Waals surface area contributed by atoms with E-state index in [1.54, 1.807) is 0 Å². The summed E-state index contributed by atoms with van der Waals surface area (Å²) in [6, 6.07) is 0.404. The average molecular weight is 375 g/mol. The summed E-state index contributed by atoms with van der Waals surface area (Å²) in [5.41, 5.74) is 0. The van der Waals surface area contributed by atoms with Crippen LogP contribution in [0.2, 0.25) is 0 Å². The normalized spacial score (nSPS) is 20.9. The van der Waals surface area contributed by atoms with E-state index in [1.807, 2.05) is 6.20 Å². The molecule has 1 amide bonds. The number of unbranched alkanes of at least 4 members (excludes halogenated alkanes) is 1. The Morgan fingerprint density at radius 3 is 2.52 bits per heavy atom. The van der Waals surface area contributed by atoms with Gasteiger partial charge in [-0.05, 0) is 45.2 Å². The number of nitrogens with one attached hydrogen (secondary N) is 1. The highest BCUT2D eigenvalue weighted by Crippen LogP contribution is 2.27. The number of aromatic nitrogens is 2. The Labute approximate surface area is 164 Å². The minimum atomic E-state index is 0.225. The van der Waals surface area contributed by atoms with Gasteiger partial charge in [0.25, 0.3) is 0 Å². The summed E-state index contributed by atoms with van der Waals surface area (Å²) < 4.78 is 2.34. The Balaban J connectivity index is 1.41. The molecule has 3 rings (SSSR count). The van der Waals surface area contributed by atoms with Crippen molar-refractivity contribution in [3.05, 3.63) is 18.2 Å². The van der Waals surface area contributed by atoms with Gasteiger partial charge in [-0.15, -0.1) is 0 Å². The molecule has 1 aromatic rings. The lowest BCUT2D eigenvalue weighted by molar-refractivity contribution is -0.123. The number of rotatable bonds is 7. The molecule has 2 aliphatic rings. The molecule has 5 nitrogen and oxygen atoms in total. The van der Waals surface area contributed by atoms with Crippen molar-refractivity contribution in [2.45, 2.75) is 96.1 Å². The summed E-state index contributed by atoms with van der Waals surface area (Å²) in [6.45, 7) is 5.88. The van der Waals surface area contributed by atoms with Crippen LogP contribution < -0.4 is 5.32 Å². The lowest BCUT2D eigenvalue weighted by Crippen LogP contribution is -2.44. The van der Waals surface area contributed by atoms with Crippen LogP contribution in [-0.2, 0) is 11.3 Å². The number of imidazole rings is 1. The highest BCUT2D eigenvalue weighted by Gasteiger charge is 2.25. The maximum atomic E-state index is 12.5. The molecular weight excluding hydrogens is 336 g/mol. The van der Waals surface area contributed by atoms with Gasteiger partial charge >= 0.3 is 0 Å². The van der Waals surface area contributed by atoms with E-state index in [-0.39, 0.29) is 5.91 Å². The number of piperidine rings is 1. The molecule has 1 N–H and O–H groups in total. The zero-order valence-electron chi connectivity index (χ0n) is 17.2. The summed E-state index contributed by atoms with van der Waals surface area (Å²) in [5, 5.41) is 3.31. The van der Waals surface area contributed by atoms with Crippen molar-refractivity contribution in [2.24, 2.45) is 0 Å². The number of nitrogens with zero attached hydrogens (tertiary/aromatic N) is 3. The lowest BCUT2D eigenvalue weighted by Gasteiger charge is -2.32. The number of amides is 1. The molecule has 1 aromatic heterocycles. The largest absolute Gasteiger partial charge is 0.352 e. The van der Waals surface area contributed by atoms with E-state index in [2.05, 4.69) is 32.9 Å². The van der Waals surface area contributed by atoms with E-state index in [1.165, 1.54) is 50.8 Å². The monoisotopic (exact) mass is 374 g/mol. The average Bonchev–Trinajstić information content (AvgIpc) is 3.11. The van der Waals surface area contributed by atoms with Crippen LogP contribution in [0, 0.1) is 0 Å². The number of likely N-dealkylation sites (tertiary alicyclic amines) is 1. The molecular formula is C22H38N4O. The topological polar surface area (TPSA) is 50.2 Å². The van der Waals surface area contributed by atoms with Crippen LogP contribution in [0.1, 0.15) is 89.3 Å². The fourth-order valence-electron chi connectivity index (χ4n) is 4.62. The second-order valence-corrected chi connectivity index (χ2v) is 8.49.